The van der Waals surface area contributed by atoms with Crippen molar-refractivity contribution in [2.24, 2.45) is 0 Å². The van der Waals surface area contributed by atoms with Crippen molar-refractivity contribution < 1.29 is 0 Å². The fourth-order valence-corrected chi connectivity index (χ4v) is 9.26. The normalized spacial score (nSPS) is 11.4. The lowest BCUT2D eigenvalue weighted by Crippen LogP contribution is -2.00. The van der Waals surface area contributed by atoms with E-state index in [0.29, 0.717) is 23.2 Å². The molecule has 12 rings (SSSR count). The monoisotopic (exact) mass is 816 g/mol. The SMILES string of the molecule is [C-]#[N+]c1ccc(-c2nc(-c3ccccc3)nc(-c3ccccc3)n2)cc1-c1cccc2c1c1ccccc1n2-c1ccc(-c2ccc3c(c2)c2ccccc2n3-c2ccccc2)cc1. The molecule has 298 valence electrons. The maximum Gasteiger partial charge on any atom is 0.194 e. The van der Waals surface area contributed by atoms with Crippen LogP contribution in [0.3, 0.4) is 0 Å². The Bertz CT molecular complexity index is 3710. The number of hydrogen-bond donors (Lipinski definition) is 0. The van der Waals surface area contributed by atoms with Crippen molar-refractivity contribution in [3.63, 3.8) is 0 Å². The molecule has 0 unspecified atom stereocenters. The molecule has 0 fully saturated rings. The predicted octanol–water partition coefficient (Wildman–Crippen LogP) is 15.0. The van der Waals surface area contributed by atoms with Gasteiger partial charge in [-0.15, -0.1) is 0 Å². The number of para-hydroxylation sites is 3. The van der Waals surface area contributed by atoms with Gasteiger partial charge in [-0.3, -0.25) is 0 Å². The summed E-state index contributed by atoms with van der Waals surface area (Å²) in [5, 5.41) is 4.64. The number of rotatable bonds is 7. The number of fused-ring (bicyclic) bond motifs is 6. The van der Waals surface area contributed by atoms with Crippen LogP contribution < -0.4 is 0 Å². The quantitative estimate of drug-likeness (QED) is 0.151. The van der Waals surface area contributed by atoms with Gasteiger partial charge in [0.05, 0.1) is 28.6 Å². The first-order valence-electron chi connectivity index (χ1n) is 21.3. The first-order chi connectivity index (χ1) is 31.7. The number of hydrogen-bond acceptors (Lipinski definition) is 3. The Morgan fingerprint density at radius 1 is 0.328 bits per heavy atom. The lowest BCUT2D eigenvalue weighted by atomic mass is 9.96. The predicted molar refractivity (Wildman–Crippen MR) is 262 cm³/mol. The van der Waals surface area contributed by atoms with Gasteiger partial charge >= 0.3 is 0 Å². The van der Waals surface area contributed by atoms with Crippen molar-refractivity contribution in [3.8, 4) is 67.8 Å². The molecule has 3 aromatic heterocycles. The first-order valence-corrected chi connectivity index (χ1v) is 21.3. The molecule has 9 aromatic carbocycles. The molecule has 64 heavy (non-hydrogen) atoms. The highest BCUT2D eigenvalue weighted by atomic mass is 15.0. The van der Waals surface area contributed by atoms with E-state index in [1.807, 2.05) is 72.8 Å². The van der Waals surface area contributed by atoms with Crippen molar-refractivity contribution >= 4 is 49.3 Å². The second-order valence-corrected chi connectivity index (χ2v) is 15.9. The third-order valence-corrected chi connectivity index (χ3v) is 12.2. The van der Waals surface area contributed by atoms with Crippen LogP contribution in [0.25, 0.3) is 116 Å². The van der Waals surface area contributed by atoms with Crippen LogP contribution in [-0.4, -0.2) is 24.1 Å². The average Bonchev–Trinajstić information content (AvgIpc) is 3.90. The van der Waals surface area contributed by atoms with Crippen LogP contribution in [-0.2, 0) is 0 Å². The second kappa shape index (κ2) is 15.2. The minimum Gasteiger partial charge on any atom is -0.309 e. The van der Waals surface area contributed by atoms with Crippen LogP contribution >= 0.6 is 0 Å². The standard InChI is InChI=1S/C58H36N6/c1-59-50-34-30-42(58-61-56(39-16-5-2-6-17-39)60-57(62-58)40-18-7-3-8-19-40)37-48(50)46-24-15-27-54-55(46)47-23-12-14-26-52(47)64(54)44-32-28-38(29-33-44)41-31-35-53-49(36-41)45-22-11-13-25-51(45)63(53)43-20-9-4-10-21-43/h2-37H. The molecule has 0 spiro atoms. The van der Waals surface area contributed by atoms with Crippen molar-refractivity contribution in [2.75, 3.05) is 0 Å². The van der Waals surface area contributed by atoms with Crippen LogP contribution in [0.15, 0.2) is 218 Å². The van der Waals surface area contributed by atoms with Crippen LogP contribution in [0, 0.1) is 6.57 Å². The molecule has 6 nitrogen and oxygen atoms in total. The van der Waals surface area contributed by atoms with E-state index in [9.17, 15) is 0 Å². The third-order valence-electron chi connectivity index (χ3n) is 12.2. The van der Waals surface area contributed by atoms with Gasteiger partial charge in [0, 0.05) is 49.6 Å². The Morgan fingerprint density at radius 3 is 1.50 bits per heavy atom. The minimum atomic E-state index is 0.543. The molecule has 0 aliphatic rings. The molecule has 0 amide bonds. The fraction of sp³-hybridized carbons (Fsp3) is 0. The van der Waals surface area contributed by atoms with Crippen molar-refractivity contribution in [3.05, 3.63) is 230 Å². The first kappa shape index (κ1) is 36.9. The zero-order chi connectivity index (χ0) is 42.6. The number of nitrogens with zero attached hydrogens (tertiary/aromatic N) is 6. The molecular weight excluding hydrogens is 781 g/mol. The highest BCUT2D eigenvalue weighted by Gasteiger charge is 2.20. The van der Waals surface area contributed by atoms with Gasteiger partial charge in [-0.1, -0.05) is 164 Å². The summed E-state index contributed by atoms with van der Waals surface area (Å²) in [6.07, 6.45) is 0. The van der Waals surface area contributed by atoms with Gasteiger partial charge in [0.15, 0.2) is 23.2 Å². The molecule has 0 atom stereocenters. The van der Waals surface area contributed by atoms with Crippen molar-refractivity contribution in [1.29, 1.82) is 0 Å². The van der Waals surface area contributed by atoms with Crippen molar-refractivity contribution in [1.82, 2.24) is 24.1 Å². The smallest absolute Gasteiger partial charge is 0.194 e. The summed E-state index contributed by atoms with van der Waals surface area (Å²) in [7, 11) is 0. The van der Waals surface area contributed by atoms with Gasteiger partial charge in [-0.05, 0) is 76.9 Å². The zero-order valence-electron chi connectivity index (χ0n) is 34.5. The Balaban J connectivity index is 0.973. The highest BCUT2D eigenvalue weighted by Crippen LogP contribution is 2.43. The largest absolute Gasteiger partial charge is 0.309 e. The van der Waals surface area contributed by atoms with Gasteiger partial charge in [0.25, 0.3) is 0 Å². The summed E-state index contributed by atoms with van der Waals surface area (Å²) in [5.74, 6) is 1.72. The second-order valence-electron chi connectivity index (χ2n) is 15.9. The van der Waals surface area contributed by atoms with Gasteiger partial charge in [-0.2, -0.15) is 0 Å². The zero-order valence-corrected chi connectivity index (χ0v) is 34.5. The molecule has 0 aliphatic carbocycles. The Kier molecular flexibility index (Phi) is 8.77. The minimum absolute atomic E-state index is 0.543. The van der Waals surface area contributed by atoms with E-state index in [-0.39, 0.29) is 0 Å². The molecule has 12 aromatic rings. The van der Waals surface area contributed by atoms with Crippen LogP contribution in [0.4, 0.5) is 5.69 Å². The van der Waals surface area contributed by atoms with Crippen molar-refractivity contribution in [2.45, 2.75) is 0 Å². The fourth-order valence-electron chi connectivity index (χ4n) is 9.26. The maximum absolute atomic E-state index is 8.31. The summed E-state index contributed by atoms with van der Waals surface area (Å²) in [6.45, 7) is 8.31. The molecular formula is C58H36N6. The van der Waals surface area contributed by atoms with Crippen LogP contribution in [0.5, 0.6) is 0 Å². The van der Waals surface area contributed by atoms with Gasteiger partial charge in [-0.25, -0.2) is 19.8 Å². The summed E-state index contributed by atoms with van der Waals surface area (Å²) in [4.78, 5) is 19.0. The van der Waals surface area contributed by atoms with Crippen LogP contribution in [0.2, 0.25) is 0 Å². The molecule has 6 heteroatoms. The number of aromatic nitrogens is 5. The molecule has 0 bridgehead atoms. The molecule has 0 saturated carbocycles. The van der Waals surface area contributed by atoms with E-state index in [0.717, 1.165) is 72.1 Å². The molecule has 0 radical (unpaired) electrons. The summed E-state index contributed by atoms with van der Waals surface area (Å²) >= 11 is 0. The third kappa shape index (κ3) is 6.14. The lowest BCUT2D eigenvalue weighted by Gasteiger charge is -2.12. The Morgan fingerprint density at radius 2 is 0.828 bits per heavy atom. The topological polar surface area (TPSA) is 52.9 Å². The molecule has 0 N–H and O–H groups in total. The molecule has 3 heterocycles. The van der Waals surface area contributed by atoms with E-state index < -0.39 is 0 Å². The highest BCUT2D eigenvalue weighted by molar-refractivity contribution is 6.17. The summed E-state index contributed by atoms with van der Waals surface area (Å²) in [6, 6.07) is 75.7. The van der Waals surface area contributed by atoms with E-state index >= 15 is 0 Å². The lowest BCUT2D eigenvalue weighted by molar-refractivity contribution is 1.07. The van der Waals surface area contributed by atoms with Crippen LogP contribution in [0.1, 0.15) is 0 Å². The Labute approximate surface area is 369 Å². The van der Waals surface area contributed by atoms with Gasteiger partial charge in [0.2, 0.25) is 0 Å². The molecule has 0 saturated heterocycles. The number of benzene rings is 9. The van der Waals surface area contributed by atoms with E-state index in [1.54, 1.807) is 0 Å². The van der Waals surface area contributed by atoms with Gasteiger partial charge < -0.3 is 9.13 Å². The van der Waals surface area contributed by atoms with E-state index in [4.69, 9.17) is 21.5 Å². The van der Waals surface area contributed by atoms with E-state index in [2.05, 4.69) is 160 Å². The Hall–Kier alpha value is -8.92. The van der Waals surface area contributed by atoms with Gasteiger partial charge in [0.1, 0.15) is 0 Å². The molecule has 0 aliphatic heterocycles. The average molecular weight is 817 g/mol. The maximum atomic E-state index is 8.31. The summed E-state index contributed by atoms with van der Waals surface area (Å²) < 4.78 is 4.68. The summed E-state index contributed by atoms with van der Waals surface area (Å²) in [5.41, 5.74) is 14.0. The van der Waals surface area contributed by atoms with E-state index in [1.165, 1.54) is 21.8 Å².